The van der Waals surface area contributed by atoms with Gasteiger partial charge in [0.05, 0.1) is 25.1 Å². The SMILES string of the molecule is CC(C)OC(=O)[C@H](C)N[PH](=O)OC[C@H]1O[C@@H](n2cnc3c(N(C)C)nc(NC(=O)C(C)C)nc32)[C@@H](C)[C@@H]1C. The second-order valence-corrected chi connectivity index (χ2v) is 11.6. The van der Waals surface area contributed by atoms with Gasteiger partial charge in [-0.05, 0) is 26.7 Å². The van der Waals surface area contributed by atoms with Crippen LogP contribution in [0.5, 0.6) is 0 Å². The summed E-state index contributed by atoms with van der Waals surface area (Å²) in [6.07, 6.45) is 0.625. The van der Waals surface area contributed by atoms with E-state index in [0.717, 1.165) is 0 Å². The summed E-state index contributed by atoms with van der Waals surface area (Å²) in [5.74, 6) is -0.0412. The predicted octanol–water partition coefficient (Wildman–Crippen LogP) is 2.99. The number of rotatable bonds is 11. The quantitative estimate of drug-likeness (QED) is 0.312. The molecule has 0 aromatic carbocycles. The van der Waals surface area contributed by atoms with E-state index in [2.05, 4.69) is 32.3 Å². The smallest absolute Gasteiger partial charge is 0.323 e. The van der Waals surface area contributed by atoms with Crippen LogP contribution in [0.15, 0.2) is 6.33 Å². The number of imidazole rings is 1. The average Bonchev–Trinajstić information content (AvgIpc) is 3.37. The molecule has 1 aliphatic rings. The molecule has 6 atom stereocenters. The van der Waals surface area contributed by atoms with Gasteiger partial charge in [-0.1, -0.05) is 27.7 Å². The van der Waals surface area contributed by atoms with Crippen LogP contribution in [-0.4, -0.2) is 70.3 Å². The summed E-state index contributed by atoms with van der Waals surface area (Å²) in [6.45, 7) is 12.9. The number of hydrogen-bond acceptors (Lipinski definition) is 10. The second kappa shape index (κ2) is 12.5. The molecule has 1 aliphatic heterocycles. The molecule has 13 nitrogen and oxygen atoms in total. The fraction of sp³-hybridized carbons (Fsp3) is 0.708. The molecule has 2 N–H and O–H groups in total. The zero-order chi connectivity index (χ0) is 28.3. The Morgan fingerprint density at radius 1 is 1.16 bits per heavy atom. The molecule has 38 heavy (non-hydrogen) atoms. The molecule has 0 radical (unpaired) electrons. The van der Waals surface area contributed by atoms with Crippen molar-refractivity contribution in [2.24, 2.45) is 17.8 Å². The van der Waals surface area contributed by atoms with Crippen molar-refractivity contribution in [3.63, 3.8) is 0 Å². The number of amides is 1. The number of fused-ring (bicyclic) bond motifs is 1. The van der Waals surface area contributed by atoms with Gasteiger partial charge in [0, 0.05) is 25.9 Å². The van der Waals surface area contributed by atoms with Gasteiger partial charge in [0.15, 0.2) is 17.0 Å². The van der Waals surface area contributed by atoms with Crippen molar-refractivity contribution in [1.29, 1.82) is 0 Å². The molecule has 0 spiro atoms. The summed E-state index contributed by atoms with van der Waals surface area (Å²) in [7, 11) is 0.986. The summed E-state index contributed by atoms with van der Waals surface area (Å²) in [5, 5.41) is 5.44. The molecular formula is C24H40N7O6P. The fourth-order valence-electron chi connectivity index (χ4n) is 4.01. The molecule has 0 saturated carbocycles. The van der Waals surface area contributed by atoms with Gasteiger partial charge in [0.1, 0.15) is 12.3 Å². The number of aromatic nitrogens is 4. The van der Waals surface area contributed by atoms with Crippen molar-refractivity contribution in [3.8, 4) is 0 Å². The van der Waals surface area contributed by atoms with Crippen LogP contribution in [0.2, 0.25) is 0 Å². The first-order valence-electron chi connectivity index (χ1n) is 12.8. The Morgan fingerprint density at radius 3 is 2.45 bits per heavy atom. The van der Waals surface area contributed by atoms with Gasteiger partial charge >= 0.3 is 5.97 Å². The molecule has 1 fully saturated rings. The standard InChI is InChI=1S/C24H40N7O6P/c1-12(2)21(32)28-24-26-19(30(8)9)18-20(27-24)31(11-25-18)22-15(6)14(5)17(37-22)10-35-38(34)29-16(7)23(33)36-13(3)4/h11-17,22,38H,10H2,1-9H3,(H,29,34)(H,26,27,28,32)/t14-,15-,16-,17+,22+/m0/s1. The minimum atomic E-state index is -2.71. The maximum Gasteiger partial charge on any atom is 0.323 e. The zero-order valence-electron chi connectivity index (χ0n) is 23.5. The van der Waals surface area contributed by atoms with E-state index < -0.39 is 26.4 Å². The number of ether oxygens (including phenoxy) is 2. The van der Waals surface area contributed by atoms with Crippen LogP contribution in [0.4, 0.5) is 11.8 Å². The lowest BCUT2D eigenvalue weighted by Crippen LogP contribution is -2.33. The molecule has 0 bridgehead atoms. The molecule has 2 aromatic rings. The number of carbonyl (C=O) groups is 2. The summed E-state index contributed by atoms with van der Waals surface area (Å²) in [5.41, 5.74) is 1.11. The Hall–Kier alpha value is -2.60. The summed E-state index contributed by atoms with van der Waals surface area (Å²) in [6, 6.07) is -0.759. The average molecular weight is 554 g/mol. The highest BCUT2D eigenvalue weighted by Gasteiger charge is 2.41. The Balaban J connectivity index is 1.76. The first kappa shape index (κ1) is 29.9. The van der Waals surface area contributed by atoms with Crippen molar-refractivity contribution < 1.29 is 28.2 Å². The van der Waals surface area contributed by atoms with Crippen LogP contribution < -0.4 is 15.3 Å². The number of esters is 1. The molecule has 14 heteroatoms. The number of anilines is 2. The van der Waals surface area contributed by atoms with Crippen molar-refractivity contribution in [1.82, 2.24) is 24.6 Å². The van der Waals surface area contributed by atoms with Gasteiger partial charge < -0.3 is 18.9 Å². The number of carbonyl (C=O) groups excluding carboxylic acids is 2. The number of nitrogens with one attached hydrogen (secondary N) is 2. The van der Waals surface area contributed by atoms with Gasteiger partial charge in [0.25, 0.3) is 8.18 Å². The topological polar surface area (TPSA) is 150 Å². The third kappa shape index (κ3) is 6.88. The molecule has 1 saturated heterocycles. The maximum atomic E-state index is 12.5. The molecule has 212 valence electrons. The van der Waals surface area contributed by atoms with Crippen molar-refractivity contribution in [3.05, 3.63) is 6.33 Å². The third-order valence-corrected chi connectivity index (χ3v) is 7.56. The molecule has 1 unspecified atom stereocenters. The minimum absolute atomic E-state index is 0.0442. The molecule has 3 heterocycles. The number of nitrogens with zero attached hydrogens (tertiary/aromatic N) is 5. The van der Waals surface area contributed by atoms with E-state index in [4.69, 9.17) is 14.0 Å². The van der Waals surface area contributed by atoms with E-state index in [1.165, 1.54) is 0 Å². The van der Waals surface area contributed by atoms with Crippen LogP contribution in [0.25, 0.3) is 11.2 Å². The van der Waals surface area contributed by atoms with Gasteiger partial charge in [-0.25, -0.2) is 10.1 Å². The van der Waals surface area contributed by atoms with E-state index in [1.807, 2.05) is 30.5 Å². The van der Waals surface area contributed by atoms with E-state index in [-0.39, 0.29) is 48.4 Å². The lowest BCUT2D eigenvalue weighted by atomic mass is 9.93. The monoisotopic (exact) mass is 553 g/mol. The minimum Gasteiger partial charge on any atom is -0.462 e. The molecule has 2 aromatic heterocycles. The molecule has 1 amide bonds. The van der Waals surface area contributed by atoms with Crippen LogP contribution in [-0.2, 0) is 28.2 Å². The van der Waals surface area contributed by atoms with Crippen LogP contribution in [0.3, 0.4) is 0 Å². The van der Waals surface area contributed by atoms with Crippen molar-refractivity contribution in [2.45, 2.75) is 72.9 Å². The summed E-state index contributed by atoms with van der Waals surface area (Å²) >= 11 is 0. The lowest BCUT2D eigenvalue weighted by Gasteiger charge is -2.19. The highest BCUT2D eigenvalue weighted by Crippen LogP contribution is 2.41. The first-order valence-corrected chi connectivity index (χ1v) is 14.1. The molecular weight excluding hydrogens is 513 g/mol. The predicted molar refractivity (Wildman–Crippen MR) is 144 cm³/mol. The summed E-state index contributed by atoms with van der Waals surface area (Å²) < 4.78 is 31.3. The van der Waals surface area contributed by atoms with Crippen LogP contribution in [0.1, 0.15) is 54.7 Å². The van der Waals surface area contributed by atoms with E-state index >= 15 is 0 Å². The van der Waals surface area contributed by atoms with Gasteiger partial charge in [-0.15, -0.1) is 0 Å². The van der Waals surface area contributed by atoms with Crippen LogP contribution in [0, 0.1) is 17.8 Å². The Labute approximate surface area is 223 Å². The van der Waals surface area contributed by atoms with Crippen molar-refractivity contribution in [2.75, 3.05) is 30.9 Å². The zero-order valence-corrected chi connectivity index (χ0v) is 24.5. The van der Waals surface area contributed by atoms with Gasteiger partial charge in [-0.3, -0.25) is 24.0 Å². The molecule has 0 aliphatic carbocycles. The van der Waals surface area contributed by atoms with Crippen LogP contribution >= 0.6 is 8.18 Å². The Bertz CT molecular complexity index is 1170. The Morgan fingerprint density at radius 2 is 1.84 bits per heavy atom. The lowest BCUT2D eigenvalue weighted by molar-refractivity contribution is -0.149. The second-order valence-electron chi connectivity index (χ2n) is 10.5. The van der Waals surface area contributed by atoms with E-state index in [0.29, 0.717) is 17.0 Å². The Kier molecular flexibility index (Phi) is 9.85. The normalized spacial score (nSPS) is 23.1. The number of hydrogen-bond donors (Lipinski definition) is 2. The van der Waals surface area contributed by atoms with Gasteiger partial charge in [0.2, 0.25) is 11.9 Å². The van der Waals surface area contributed by atoms with Crippen molar-refractivity contribution >= 4 is 43.0 Å². The van der Waals surface area contributed by atoms with E-state index in [9.17, 15) is 14.2 Å². The largest absolute Gasteiger partial charge is 0.462 e. The maximum absolute atomic E-state index is 12.5. The third-order valence-electron chi connectivity index (χ3n) is 6.46. The summed E-state index contributed by atoms with van der Waals surface area (Å²) in [4.78, 5) is 39.7. The highest BCUT2D eigenvalue weighted by atomic mass is 31.1. The fourth-order valence-corrected chi connectivity index (χ4v) is 4.89. The molecule has 3 rings (SSSR count). The van der Waals surface area contributed by atoms with E-state index in [1.54, 1.807) is 40.9 Å². The van der Waals surface area contributed by atoms with Gasteiger partial charge in [-0.2, -0.15) is 9.97 Å². The highest BCUT2D eigenvalue weighted by molar-refractivity contribution is 7.36. The first-order chi connectivity index (χ1) is 17.8.